The van der Waals surface area contributed by atoms with Crippen LogP contribution in [0.5, 0.6) is 0 Å². The lowest BCUT2D eigenvalue weighted by molar-refractivity contribution is 0.0934. The molecule has 5 nitrogen and oxygen atoms in total. The Morgan fingerprint density at radius 1 is 1.59 bits per heavy atom. The minimum Gasteiger partial charge on any atom is -0.382 e. The summed E-state index contributed by atoms with van der Waals surface area (Å²) in [6, 6.07) is 0. The van der Waals surface area contributed by atoms with Gasteiger partial charge in [0.1, 0.15) is 5.69 Å². The van der Waals surface area contributed by atoms with Crippen LogP contribution in [0.25, 0.3) is 0 Å². The maximum absolute atomic E-state index is 11.9. The summed E-state index contributed by atoms with van der Waals surface area (Å²) in [7, 11) is 1.76. The number of ether oxygens (including phenoxy) is 1. The summed E-state index contributed by atoms with van der Waals surface area (Å²) >= 11 is 3.37. The number of rotatable bonds is 6. The lowest BCUT2D eigenvalue weighted by Gasteiger charge is -2.06. The van der Waals surface area contributed by atoms with E-state index in [-0.39, 0.29) is 5.91 Å². The van der Waals surface area contributed by atoms with Crippen LogP contribution in [-0.4, -0.2) is 35.4 Å². The molecule has 0 radical (unpaired) electrons. The predicted molar refractivity (Wildman–Crippen MR) is 69.1 cm³/mol. The van der Waals surface area contributed by atoms with Gasteiger partial charge in [-0.3, -0.25) is 9.48 Å². The fraction of sp³-hybridized carbons (Fsp3) is 0.636. The summed E-state index contributed by atoms with van der Waals surface area (Å²) in [5.41, 5.74) is 1.37. The van der Waals surface area contributed by atoms with Gasteiger partial charge in [-0.2, -0.15) is 5.10 Å². The molecule has 0 spiro atoms. The zero-order chi connectivity index (χ0) is 12.8. The van der Waals surface area contributed by atoms with Gasteiger partial charge in [-0.1, -0.05) is 0 Å². The SMILES string of the molecule is CCOCCCNC(=O)c1c(Br)c(C)nn1C. The summed E-state index contributed by atoms with van der Waals surface area (Å²) < 4.78 is 7.53. The Hall–Kier alpha value is -0.880. The van der Waals surface area contributed by atoms with Crippen LogP contribution < -0.4 is 5.32 Å². The molecule has 0 aromatic carbocycles. The number of aryl methyl sites for hydroxylation is 2. The van der Waals surface area contributed by atoms with Gasteiger partial charge in [0.2, 0.25) is 0 Å². The summed E-state index contributed by atoms with van der Waals surface area (Å²) in [4.78, 5) is 11.9. The van der Waals surface area contributed by atoms with E-state index in [4.69, 9.17) is 4.74 Å². The van der Waals surface area contributed by atoms with Gasteiger partial charge in [0.15, 0.2) is 0 Å². The fourth-order valence-corrected chi connectivity index (χ4v) is 2.00. The number of halogens is 1. The Bertz CT molecular complexity index is 390. The summed E-state index contributed by atoms with van der Waals surface area (Å²) in [6.07, 6.45) is 0.814. The molecule has 0 aliphatic heterocycles. The minimum absolute atomic E-state index is 0.114. The topological polar surface area (TPSA) is 56.1 Å². The molecule has 96 valence electrons. The van der Waals surface area contributed by atoms with Gasteiger partial charge < -0.3 is 10.1 Å². The number of hydrogen-bond acceptors (Lipinski definition) is 3. The van der Waals surface area contributed by atoms with Crippen LogP contribution in [0.3, 0.4) is 0 Å². The van der Waals surface area contributed by atoms with E-state index < -0.39 is 0 Å². The van der Waals surface area contributed by atoms with Crippen LogP contribution in [-0.2, 0) is 11.8 Å². The molecule has 0 bridgehead atoms. The third-order valence-corrected chi connectivity index (χ3v) is 3.27. The first-order valence-corrected chi connectivity index (χ1v) is 6.42. The zero-order valence-electron chi connectivity index (χ0n) is 10.4. The van der Waals surface area contributed by atoms with Crippen molar-refractivity contribution in [1.82, 2.24) is 15.1 Å². The quantitative estimate of drug-likeness (QED) is 0.813. The molecular weight excluding hydrogens is 286 g/mol. The Balaban J connectivity index is 2.47. The number of hydrogen-bond donors (Lipinski definition) is 1. The monoisotopic (exact) mass is 303 g/mol. The highest BCUT2D eigenvalue weighted by atomic mass is 79.9. The highest BCUT2D eigenvalue weighted by Crippen LogP contribution is 2.19. The molecular formula is C11H18BrN3O2. The molecule has 6 heteroatoms. The van der Waals surface area contributed by atoms with Gasteiger partial charge in [-0.05, 0) is 36.2 Å². The molecule has 0 saturated heterocycles. The first-order chi connectivity index (χ1) is 8.07. The van der Waals surface area contributed by atoms with Crippen molar-refractivity contribution < 1.29 is 9.53 Å². The van der Waals surface area contributed by atoms with Gasteiger partial charge >= 0.3 is 0 Å². The largest absolute Gasteiger partial charge is 0.382 e. The van der Waals surface area contributed by atoms with E-state index in [9.17, 15) is 4.79 Å². The molecule has 1 heterocycles. The Morgan fingerprint density at radius 3 is 2.82 bits per heavy atom. The number of aromatic nitrogens is 2. The van der Waals surface area contributed by atoms with E-state index in [0.717, 1.165) is 16.6 Å². The van der Waals surface area contributed by atoms with Gasteiger partial charge in [-0.15, -0.1) is 0 Å². The lowest BCUT2D eigenvalue weighted by atomic mass is 10.3. The van der Waals surface area contributed by atoms with Gasteiger partial charge in [-0.25, -0.2) is 0 Å². The molecule has 0 aliphatic carbocycles. The normalized spacial score (nSPS) is 10.6. The standard InChI is InChI=1S/C11H18BrN3O2/c1-4-17-7-5-6-13-11(16)10-9(12)8(2)14-15(10)3/h4-7H2,1-3H3,(H,13,16). The third kappa shape index (κ3) is 3.81. The fourth-order valence-electron chi connectivity index (χ4n) is 1.48. The molecule has 1 amide bonds. The smallest absolute Gasteiger partial charge is 0.270 e. The summed E-state index contributed by atoms with van der Waals surface area (Å²) in [5, 5.41) is 7.02. The van der Waals surface area contributed by atoms with Gasteiger partial charge in [0.05, 0.1) is 10.2 Å². The van der Waals surface area contributed by atoms with Gasteiger partial charge in [0.25, 0.3) is 5.91 Å². The van der Waals surface area contributed by atoms with E-state index in [1.807, 2.05) is 13.8 Å². The average Bonchev–Trinajstić information content (AvgIpc) is 2.53. The van der Waals surface area contributed by atoms with Crippen molar-refractivity contribution in [2.75, 3.05) is 19.8 Å². The van der Waals surface area contributed by atoms with Crippen LogP contribution in [0.1, 0.15) is 29.5 Å². The average molecular weight is 304 g/mol. The number of carbonyl (C=O) groups is 1. The Labute approximate surface area is 110 Å². The van der Waals surface area contributed by atoms with Crippen molar-refractivity contribution in [3.63, 3.8) is 0 Å². The first-order valence-electron chi connectivity index (χ1n) is 5.63. The van der Waals surface area contributed by atoms with E-state index in [2.05, 4.69) is 26.3 Å². The van der Waals surface area contributed by atoms with Crippen molar-refractivity contribution >= 4 is 21.8 Å². The Morgan fingerprint density at radius 2 is 2.29 bits per heavy atom. The van der Waals surface area contributed by atoms with E-state index in [0.29, 0.717) is 25.5 Å². The van der Waals surface area contributed by atoms with Crippen LogP contribution in [0, 0.1) is 6.92 Å². The number of nitrogens with zero attached hydrogens (tertiary/aromatic N) is 2. The summed E-state index contributed by atoms with van der Waals surface area (Å²) in [5.74, 6) is -0.114. The molecule has 1 rings (SSSR count). The second-order valence-electron chi connectivity index (χ2n) is 3.68. The third-order valence-electron chi connectivity index (χ3n) is 2.32. The van der Waals surface area contributed by atoms with Crippen LogP contribution in [0.2, 0.25) is 0 Å². The lowest BCUT2D eigenvalue weighted by Crippen LogP contribution is -2.27. The van der Waals surface area contributed by atoms with E-state index in [1.54, 1.807) is 11.7 Å². The molecule has 0 unspecified atom stereocenters. The molecule has 0 atom stereocenters. The maximum Gasteiger partial charge on any atom is 0.270 e. The molecule has 0 fully saturated rings. The van der Waals surface area contributed by atoms with Crippen molar-refractivity contribution in [3.8, 4) is 0 Å². The predicted octanol–water partition coefficient (Wildman–Crippen LogP) is 1.65. The molecule has 1 N–H and O–H groups in total. The molecule has 0 saturated carbocycles. The molecule has 0 aliphatic rings. The van der Waals surface area contributed by atoms with Crippen molar-refractivity contribution in [1.29, 1.82) is 0 Å². The van der Waals surface area contributed by atoms with Crippen molar-refractivity contribution in [2.45, 2.75) is 20.3 Å². The second kappa shape index (κ2) is 6.76. The number of carbonyl (C=O) groups excluding carboxylic acids is 1. The van der Waals surface area contributed by atoms with E-state index >= 15 is 0 Å². The molecule has 1 aromatic heterocycles. The van der Waals surface area contributed by atoms with Crippen LogP contribution in [0.4, 0.5) is 0 Å². The highest BCUT2D eigenvalue weighted by Gasteiger charge is 2.17. The van der Waals surface area contributed by atoms with Crippen LogP contribution in [0.15, 0.2) is 4.47 Å². The molecule has 1 aromatic rings. The van der Waals surface area contributed by atoms with E-state index in [1.165, 1.54) is 0 Å². The zero-order valence-corrected chi connectivity index (χ0v) is 12.0. The highest BCUT2D eigenvalue weighted by molar-refractivity contribution is 9.10. The molecule has 17 heavy (non-hydrogen) atoms. The van der Waals surface area contributed by atoms with Crippen molar-refractivity contribution in [3.05, 3.63) is 15.9 Å². The summed E-state index contributed by atoms with van der Waals surface area (Å²) in [6.45, 7) is 5.79. The second-order valence-corrected chi connectivity index (χ2v) is 4.47. The van der Waals surface area contributed by atoms with Crippen molar-refractivity contribution in [2.24, 2.45) is 7.05 Å². The van der Waals surface area contributed by atoms with Crippen LogP contribution >= 0.6 is 15.9 Å². The Kier molecular flexibility index (Phi) is 5.64. The maximum atomic E-state index is 11.9. The minimum atomic E-state index is -0.114. The van der Waals surface area contributed by atoms with Gasteiger partial charge in [0, 0.05) is 26.8 Å². The number of amides is 1. The number of nitrogens with one attached hydrogen (secondary N) is 1. The first kappa shape index (κ1) is 14.2.